The van der Waals surface area contributed by atoms with Gasteiger partial charge in [0, 0.05) is 125 Å². The summed E-state index contributed by atoms with van der Waals surface area (Å²) in [6, 6.07) is 23.1. The Kier molecular flexibility index (Phi) is 19.3. The number of nitrogens with zero attached hydrogens (tertiary/aromatic N) is 15. The number of para-hydroxylation sites is 3. The molecule has 3 aliphatic heterocycles. The van der Waals surface area contributed by atoms with Gasteiger partial charge in [-0.3, -0.25) is 29.7 Å². The second kappa shape index (κ2) is 28.6. The molecule has 15 rings (SSSR count). The summed E-state index contributed by atoms with van der Waals surface area (Å²) in [4.78, 5) is 75.7. The van der Waals surface area contributed by atoms with Crippen LogP contribution in [0, 0.1) is 20.8 Å². The van der Waals surface area contributed by atoms with E-state index in [4.69, 9.17) is 49.0 Å². The van der Waals surface area contributed by atoms with Crippen LogP contribution in [0.3, 0.4) is 0 Å². The first kappa shape index (κ1) is 66.7. The first-order valence-electron chi connectivity index (χ1n) is 32.2. The lowest BCUT2D eigenvalue weighted by atomic mass is 10.1. The zero-order chi connectivity index (χ0) is 69.2. The second-order valence-corrected chi connectivity index (χ2v) is 25.3. The van der Waals surface area contributed by atoms with Crippen molar-refractivity contribution in [3.8, 4) is 34.5 Å². The molecule has 0 aliphatic carbocycles. The number of piperazine rings is 3. The minimum absolute atomic E-state index is 0.0304. The molecule has 1 unspecified atom stereocenters. The number of carbonyl (C=O) groups excluding carboxylic acids is 3. The minimum atomic E-state index is -0.0483. The van der Waals surface area contributed by atoms with Gasteiger partial charge in [-0.15, -0.1) is 0 Å². The molecule has 6 aromatic carbocycles. The number of carbonyl (C=O) groups is 3. The average molecular weight is 1390 g/mol. The summed E-state index contributed by atoms with van der Waals surface area (Å²) in [7, 11) is 0. The van der Waals surface area contributed by atoms with E-state index in [0.717, 1.165) is 89.4 Å². The van der Waals surface area contributed by atoms with E-state index in [2.05, 4.69) is 102 Å². The van der Waals surface area contributed by atoms with Crippen LogP contribution >= 0.6 is 34.8 Å². The van der Waals surface area contributed by atoms with Gasteiger partial charge >= 0.3 is 0 Å². The van der Waals surface area contributed by atoms with Crippen molar-refractivity contribution in [3.63, 3.8) is 0 Å². The Hall–Kier alpha value is -11.0. The van der Waals surface area contributed by atoms with Crippen molar-refractivity contribution in [1.82, 2.24) is 75.2 Å². The highest BCUT2D eigenvalue weighted by Crippen LogP contribution is 2.44. The molecule has 9 heterocycles. The summed E-state index contributed by atoms with van der Waals surface area (Å²) in [5.74, 6) is 6.11. The zero-order valence-corrected chi connectivity index (χ0v) is 57.2. The zero-order valence-electron chi connectivity index (χ0n) is 55.0. The molecule has 504 valence electrons. The lowest BCUT2D eigenvalue weighted by molar-refractivity contribution is -0.129. The summed E-state index contributed by atoms with van der Waals surface area (Å²) < 4.78 is 19.2. The number of halogens is 3. The first-order valence-corrected chi connectivity index (χ1v) is 33.3. The number of H-pyrrole nitrogens is 3. The van der Waals surface area contributed by atoms with E-state index in [1.54, 1.807) is 42.5 Å². The molecule has 0 radical (unpaired) electrons. The van der Waals surface area contributed by atoms with Gasteiger partial charge < -0.3 is 43.6 Å². The van der Waals surface area contributed by atoms with Gasteiger partial charge in [-0.2, -0.15) is 15.3 Å². The van der Waals surface area contributed by atoms with Crippen LogP contribution < -0.4 is 28.9 Å². The van der Waals surface area contributed by atoms with Crippen molar-refractivity contribution in [1.29, 1.82) is 0 Å². The molecule has 3 saturated heterocycles. The summed E-state index contributed by atoms with van der Waals surface area (Å²) in [5, 5.41) is 28.2. The van der Waals surface area contributed by atoms with Crippen molar-refractivity contribution >= 4 is 135 Å². The third-order valence-corrected chi connectivity index (χ3v) is 19.4. The van der Waals surface area contributed by atoms with Gasteiger partial charge in [0.15, 0.2) is 17.2 Å². The summed E-state index contributed by atoms with van der Waals surface area (Å²) in [6.45, 7) is 27.2. The van der Waals surface area contributed by atoms with E-state index in [0.29, 0.717) is 132 Å². The molecule has 3 fully saturated rings. The van der Waals surface area contributed by atoms with E-state index in [1.165, 1.54) is 18.2 Å². The van der Waals surface area contributed by atoms with Gasteiger partial charge in [0.1, 0.15) is 70.2 Å². The minimum Gasteiger partial charge on any atom is -0.454 e. The van der Waals surface area contributed by atoms with E-state index in [1.807, 2.05) is 110 Å². The van der Waals surface area contributed by atoms with Crippen LogP contribution in [-0.2, 0) is 14.4 Å². The smallest absolute Gasteiger partial charge is 0.246 e. The van der Waals surface area contributed by atoms with E-state index < -0.39 is 0 Å². The average Bonchev–Trinajstić information content (AvgIpc) is 1.55. The molecule has 3 aliphatic rings. The number of aromatic nitrogens is 12. The maximum atomic E-state index is 12.3. The fourth-order valence-electron chi connectivity index (χ4n) is 12.9. The number of nitrogens with one attached hydrogen (secondary N) is 3. The highest BCUT2D eigenvalue weighted by molar-refractivity contribution is 6.33. The van der Waals surface area contributed by atoms with E-state index in [-0.39, 0.29) is 29.8 Å². The van der Waals surface area contributed by atoms with Gasteiger partial charge in [0.25, 0.3) is 0 Å². The predicted octanol–water partition coefficient (Wildman–Crippen LogP) is 13.5. The third kappa shape index (κ3) is 13.1. The van der Waals surface area contributed by atoms with Crippen LogP contribution in [0.15, 0.2) is 148 Å². The molecular weight excluding hydrogens is 1320 g/mol. The Morgan fingerprint density at radius 2 is 0.848 bits per heavy atom. The van der Waals surface area contributed by atoms with Crippen molar-refractivity contribution in [2.45, 2.75) is 53.1 Å². The highest BCUT2D eigenvalue weighted by atomic mass is 35.5. The maximum Gasteiger partial charge on any atom is 0.246 e. The van der Waals surface area contributed by atoms with Crippen molar-refractivity contribution in [2.24, 2.45) is 0 Å². The Morgan fingerprint density at radius 1 is 0.485 bits per heavy atom. The van der Waals surface area contributed by atoms with Crippen LogP contribution in [0.4, 0.5) is 17.5 Å². The highest BCUT2D eigenvalue weighted by Gasteiger charge is 2.32. The maximum absolute atomic E-state index is 12.3. The predicted molar refractivity (Wildman–Crippen MR) is 387 cm³/mol. The van der Waals surface area contributed by atoms with Crippen LogP contribution in [0.5, 0.6) is 34.5 Å². The SMILES string of the molecule is C=CC(=O)N1CCN(c2ncnc3c(Oc4c(C)c(Cl)cc5[nH]ncc45)cccc23)CC1.C=CC(=O)N1CCN(c2ncnc3c(Oc4c(C)c(Cl)cc5[nH]ncc45)cccc23)CC1CC.C=CC(=O)N1CCN(c2ncnc3c(Oc4c(C)c(Cl)cc5[nH]ncc45)cccc23)C[C@H]1C. The molecule has 99 heavy (non-hydrogen) atoms. The molecule has 0 bridgehead atoms. The lowest BCUT2D eigenvalue weighted by Crippen LogP contribution is -2.55. The molecule has 0 spiro atoms. The molecule has 27 heteroatoms. The lowest BCUT2D eigenvalue weighted by Gasteiger charge is -2.41. The van der Waals surface area contributed by atoms with E-state index >= 15 is 0 Å². The van der Waals surface area contributed by atoms with Crippen LogP contribution in [0.1, 0.15) is 37.0 Å². The van der Waals surface area contributed by atoms with Gasteiger partial charge in [0.2, 0.25) is 17.7 Å². The van der Waals surface area contributed by atoms with Gasteiger partial charge in [-0.05, 0) is 107 Å². The Morgan fingerprint density at radius 3 is 1.23 bits per heavy atom. The Labute approximate surface area is 583 Å². The first-order chi connectivity index (χ1) is 48.0. The number of amides is 3. The summed E-state index contributed by atoms with van der Waals surface area (Å²) in [6.07, 6.45) is 14.8. The number of rotatable bonds is 13. The van der Waals surface area contributed by atoms with Crippen molar-refractivity contribution in [2.75, 3.05) is 80.1 Å². The van der Waals surface area contributed by atoms with Gasteiger partial charge in [-0.1, -0.05) is 79.7 Å². The molecular formula is C72H69Cl3N18O6. The molecule has 6 aromatic heterocycles. The molecule has 12 aromatic rings. The largest absolute Gasteiger partial charge is 0.454 e. The fourth-order valence-corrected chi connectivity index (χ4v) is 13.5. The van der Waals surface area contributed by atoms with Crippen LogP contribution in [-0.4, -0.2) is 170 Å². The Bertz CT molecular complexity index is 5130. The fraction of sp³-hybridized carbons (Fsp3) is 0.250. The number of hydrogen-bond acceptors (Lipinski definition) is 18. The van der Waals surface area contributed by atoms with Crippen LogP contribution in [0.25, 0.3) is 65.4 Å². The van der Waals surface area contributed by atoms with E-state index in [9.17, 15) is 14.4 Å². The molecule has 24 nitrogen and oxygen atoms in total. The molecule has 3 amide bonds. The summed E-state index contributed by atoms with van der Waals surface area (Å²) >= 11 is 19.3. The normalized spacial score (nSPS) is 15.6. The molecule has 0 saturated carbocycles. The topological polar surface area (TPSA) is 262 Å². The van der Waals surface area contributed by atoms with Crippen molar-refractivity contribution in [3.05, 3.63) is 180 Å². The number of hydrogen-bond donors (Lipinski definition) is 3. The van der Waals surface area contributed by atoms with Crippen molar-refractivity contribution < 1.29 is 28.6 Å². The number of fused-ring (bicyclic) bond motifs is 6. The molecule has 2 atom stereocenters. The third-order valence-electron chi connectivity index (χ3n) is 18.3. The van der Waals surface area contributed by atoms with Crippen LogP contribution in [0.2, 0.25) is 15.1 Å². The monoisotopic (exact) mass is 1390 g/mol. The number of aromatic amines is 3. The Balaban J connectivity index is 0.000000133. The molecule has 3 N–H and O–H groups in total. The number of anilines is 3. The number of ether oxygens (including phenoxy) is 3. The second-order valence-electron chi connectivity index (χ2n) is 24.1. The number of benzene rings is 6. The van der Waals surface area contributed by atoms with Gasteiger partial charge in [-0.25, -0.2) is 29.9 Å². The quantitative estimate of drug-likeness (QED) is 0.0906. The van der Waals surface area contributed by atoms with Gasteiger partial charge in [0.05, 0.1) is 51.3 Å². The summed E-state index contributed by atoms with van der Waals surface area (Å²) in [5.41, 5.74) is 7.02. The standard InChI is InChI=1S/C25H25ClN6O2.C24H23ClN6O2.C23H21ClN6O2/c1-4-16-13-31(9-10-32(16)22(33)5-2)25-17-7-6-8-21(23(17)27-14-28-25)34-24-15(3)19(26)11-20-18(24)12-29-30-20;1-4-21(32)31-9-8-30(12-14(31)2)24-16-6-5-7-20(22(16)26-13-27-24)33-23-15(3)18(25)10-19-17(23)11-28-29-19;1-3-20(31)29-7-9-30(10-8-29)23-15-5-4-6-19(21(15)25-13-26-23)32-22-14(2)17(24)11-18-16(22)12-27-28-18/h5-8,11-12,14,16H,2,4,9-10,13H2,1,3H3,(H,29,30);4-7,10-11,13-14H,1,8-9,12H2,2-3H3,(H,28,29);3-6,11-13H,1,7-10H2,2H3,(H,27,28)/t;14-;/m.1./s1.